The molecule has 1 aromatic rings. The highest BCUT2D eigenvalue weighted by Gasteiger charge is 2.69. The second-order valence-corrected chi connectivity index (χ2v) is 15.3. The maximum atomic E-state index is 12.9. The molecule has 2 aliphatic heterocycles. The van der Waals surface area contributed by atoms with Crippen molar-refractivity contribution >= 4 is 11.9 Å². The van der Waals surface area contributed by atoms with E-state index in [0.717, 1.165) is 51.5 Å². The van der Waals surface area contributed by atoms with E-state index in [2.05, 4.69) is 38.7 Å². The van der Waals surface area contributed by atoms with Gasteiger partial charge in [-0.15, -0.1) is 0 Å². The topological polar surface area (TPSA) is 55.8 Å². The fraction of sp³-hybridized carbons (Fsp3) is 0.722. The number of carbonyl (C=O) groups is 2. The van der Waals surface area contributed by atoms with Gasteiger partial charge in [0.25, 0.3) is 0 Å². The summed E-state index contributed by atoms with van der Waals surface area (Å²) in [6.07, 6.45) is 12.7. The number of hydrogen-bond donors (Lipinski definition) is 0. The summed E-state index contributed by atoms with van der Waals surface area (Å²) >= 11 is 0. The van der Waals surface area contributed by atoms with E-state index < -0.39 is 5.72 Å². The molecule has 0 radical (unpaired) electrons. The maximum absolute atomic E-state index is 12.9. The van der Waals surface area contributed by atoms with Gasteiger partial charge in [-0.2, -0.15) is 0 Å². The summed E-state index contributed by atoms with van der Waals surface area (Å²) < 4.78 is 13.2. The highest BCUT2D eigenvalue weighted by molar-refractivity contribution is 5.89. The van der Waals surface area contributed by atoms with Crippen molar-refractivity contribution in [1.82, 2.24) is 4.90 Å². The van der Waals surface area contributed by atoms with Crippen LogP contribution >= 0.6 is 0 Å². The van der Waals surface area contributed by atoms with Gasteiger partial charge in [0.1, 0.15) is 11.8 Å². The average Bonchev–Trinajstić information content (AvgIpc) is 3.40. The highest BCUT2D eigenvalue weighted by Crippen LogP contribution is 2.70. The zero-order chi connectivity index (χ0) is 28.7. The van der Waals surface area contributed by atoms with Crippen molar-refractivity contribution < 1.29 is 19.1 Å². The van der Waals surface area contributed by atoms with Crippen molar-refractivity contribution in [1.29, 1.82) is 0 Å². The van der Waals surface area contributed by atoms with Gasteiger partial charge in [0.05, 0.1) is 11.7 Å². The molecular formula is C36H49NO4. The Balaban J connectivity index is 1.09. The number of allylic oxidation sites excluding steroid dienone is 1. The van der Waals surface area contributed by atoms with Crippen LogP contribution < -0.4 is 0 Å². The second-order valence-electron chi connectivity index (χ2n) is 15.3. The van der Waals surface area contributed by atoms with Crippen LogP contribution in [0.2, 0.25) is 0 Å². The van der Waals surface area contributed by atoms with Crippen LogP contribution in [0.4, 0.5) is 0 Å². The van der Waals surface area contributed by atoms with Gasteiger partial charge in [0.2, 0.25) is 5.91 Å². The molecule has 1 spiro atoms. The van der Waals surface area contributed by atoms with Crippen molar-refractivity contribution in [3.8, 4) is 0 Å². The molecule has 1 aromatic carbocycles. The summed E-state index contributed by atoms with van der Waals surface area (Å²) in [5.41, 5.74) is 2.25. The Kier molecular flexibility index (Phi) is 6.54. The number of carbonyl (C=O) groups excluding carboxylic acids is 2. The third kappa shape index (κ3) is 4.03. The molecule has 6 aliphatic rings. The smallest absolute Gasteiger partial charge is 0.338 e. The summed E-state index contributed by atoms with van der Waals surface area (Å²) in [6.45, 7) is 12.4. The molecule has 5 fully saturated rings. The maximum Gasteiger partial charge on any atom is 0.338 e. The van der Waals surface area contributed by atoms with Gasteiger partial charge in [-0.3, -0.25) is 4.79 Å². The molecule has 2 saturated heterocycles. The van der Waals surface area contributed by atoms with E-state index in [0.29, 0.717) is 41.1 Å². The van der Waals surface area contributed by atoms with Crippen molar-refractivity contribution in [3.63, 3.8) is 0 Å². The molecule has 4 aliphatic carbocycles. The number of nitrogens with zero attached hydrogens (tertiary/aromatic N) is 1. The fourth-order valence-electron chi connectivity index (χ4n) is 11.4. The van der Waals surface area contributed by atoms with Crippen LogP contribution in [0.25, 0.3) is 0 Å². The Morgan fingerprint density at radius 3 is 2.54 bits per heavy atom. The molecule has 5 heteroatoms. The van der Waals surface area contributed by atoms with Crippen LogP contribution in [0.5, 0.6) is 0 Å². The van der Waals surface area contributed by atoms with E-state index in [1.165, 1.54) is 18.4 Å². The third-order valence-electron chi connectivity index (χ3n) is 13.4. The Morgan fingerprint density at radius 2 is 1.78 bits per heavy atom. The summed E-state index contributed by atoms with van der Waals surface area (Å²) in [4.78, 5) is 27.7. The number of likely N-dealkylation sites (tertiary alicyclic amines) is 1. The van der Waals surface area contributed by atoms with E-state index in [4.69, 9.17) is 9.47 Å². The molecule has 2 heterocycles. The predicted molar refractivity (Wildman–Crippen MR) is 159 cm³/mol. The molecule has 5 nitrogen and oxygen atoms in total. The number of esters is 1. The lowest BCUT2D eigenvalue weighted by atomic mass is 9.46. The zero-order valence-electron chi connectivity index (χ0n) is 25.7. The number of amides is 1. The van der Waals surface area contributed by atoms with Crippen LogP contribution in [0, 0.1) is 46.3 Å². The summed E-state index contributed by atoms with van der Waals surface area (Å²) in [5, 5.41) is 0. The predicted octanol–water partition coefficient (Wildman–Crippen LogP) is 7.41. The van der Waals surface area contributed by atoms with Crippen molar-refractivity contribution in [3.05, 3.63) is 47.5 Å². The Morgan fingerprint density at radius 1 is 1.00 bits per heavy atom. The number of benzene rings is 1. The van der Waals surface area contributed by atoms with E-state index >= 15 is 0 Å². The van der Waals surface area contributed by atoms with E-state index in [-0.39, 0.29) is 34.9 Å². The molecule has 0 N–H and O–H groups in total. The molecule has 11 atom stereocenters. The molecule has 0 aromatic heterocycles. The standard InChI is InChI=1S/C36H49NO4/c1-22-13-18-36(37(21-22)24(3)38)23(2)32-31(41-36)20-30-28-12-11-26-19-27(40-33(39)25-9-7-6-8-10-25)14-16-34(26,4)29(28)15-17-35(30,32)5/h6-11,22-23,27-32H,12-21H2,1-5H3/t22-,23+,27-,28+,29-,30-,31-,32-,34-,35-,36+/m0/s1. The Bertz CT molecular complexity index is 1240. The zero-order valence-corrected chi connectivity index (χ0v) is 25.7. The first kappa shape index (κ1) is 27.7. The largest absolute Gasteiger partial charge is 0.458 e. The molecule has 222 valence electrons. The summed E-state index contributed by atoms with van der Waals surface area (Å²) in [6, 6.07) is 9.41. The lowest BCUT2D eigenvalue weighted by Gasteiger charge is -2.59. The Labute approximate surface area is 246 Å². The molecule has 7 rings (SSSR count). The molecular weight excluding hydrogens is 510 g/mol. The van der Waals surface area contributed by atoms with Crippen LogP contribution in [0.1, 0.15) is 103 Å². The first-order chi connectivity index (χ1) is 19.6. The van der Waals surface area contributed by atoms with Gasteiger partial charge in [0.15, 0.2) is 0 Å². The van der Waals surface area contributed by atoms with E-state index in [9.17, 15) is 9.59 Å². The minimum Gasteiger partial charge on any atom is -0.458 e. The van der Waals surface area contributed by atoms with Crippen LogP contribution in [0.3, 0.4) is 0 Å². The molecule has 41 heavy (non-hydrogen) atoms. The van der Waals surface area contributed by atoms with Crippen LogP contribution in [0.15, 0.2) is 42.0 Å². The summed E-state index contributed by atoms with van der Waals surface area (Å²) in [7, 11) is 0. The lowest BCUT2D eigenvalue weighted by Crippen LogP contribution is -2.60. The number of piperidine rings is 1. The van der Waals surface area contributed by atoms with E-state index in [1.807, 2.05) is 30.3 Å². The van der Waals surface area contributed by atoms with Gasteiger partial charge in [0, 0.05) is 25.8 Å². The number of fused-ring (bicyclic) bond motifs is 7. The number of hydrogen-bond acceptors (Lipinski definition) is 4. The van der Waals surface area contributed by atoms with Crippen molar-refractivity contribution in [2.24, 2.45) is 46.3 Å². The lowest BCUT2D eigenvalue weighted by molar-refractivity contribution is -0.200. The average molecular weight is 560 g/mol. The van der Waals surface area contributed by atoms with Gasteiger partial charge < -0.3 is 14.4 Å². The van der Waals surface area contributed by atoms with Gasteiger partial charge >= 0.3 is 5.97 Å². The second kappa shape index (κ2) is 9.69. The van der Waals surface area contributed by atoms with Crippen molar-refractivity contribution in [2.75, 3.05) is 6.54 Å². The van der Waals surface area contributed by atoms with Crippen LogP contribution in [-0.2, 0) is 14.3 Å². The summed E-state index contributed by atoms with van der Waals surface area (Å²) in [5.74, 6) is 3.48. The minimum atomic E-state index is -0.403. The van der Waals surface area contributed by atoms with E-state index in [1.54, 1.807) is 6.92 Å². The third-order valence-corrected chi connectivity index (χ3v) is 13.4. The van der Waals surface area contributed by atoms with Gasteiger partial charge in [-0.1, -0.05) is 57.5 Å². The molecule has 3 saturated carbocycles. The minimum absolute atomic E-state index is 0.0221. The monoisotopic (exact) mass is 559 g/mol. The molecule has 0 unspecified atom stereocenters. The van der Waals surface area contributed by atoms with Crippen molar-refractivity contribution in [2.45, 2.75) is 110 Å². The molecule has 1 amide bonds. The number of ether oxygens (including phenoxy) is 2. The van der Waals surface area contributed by atoms with Gasteiger partial charge in [-0.05, 0) is 104 Å². The first-order valence-electron chi connectivity index (χ1n) is 16.5. The quantitative estimate of drug-likeness (QED) is 0.280. The van der Waals surface area contributed by atoms with Crippen LogP contribution in [-0.4, -0.2) is 41.3 Å². The Hall–Kier alpha value is -2.14. The highest BCUT2D eigenvalue weighted by atomic mass is 16.5. The fourth-order valence-corrected chi connectivity index (χ4v) is 11.4. The SMILES string of the molecule is CC(=O)N1C[C@@H](C)CC[C@]12O[C@H]1C[C@H]3[C@@H]4CC=C5C[C@@H](OC(=O)c6ccccc6)CC[C@]5(C)[C@H]4CC[C@]3(C)[C@H]1[C@H]2C. The number of rotatable bonds is 2. The van der Waals surface area contributed by atoms with Gasteiger partial charge in [-0.25, -0.2) is 4.79 Å². The first-order valence-corrected chi connectivity index (χ1v) is 16.5. The molecule has 0 bridgehead atoms. The normalized spacial score (nSPS) is 46.7.